The first-order valence-corrected chi connectivity index (χ1v) is 7.93. The van der Waals surface area contributed by atoms with E-state index in [1.807, 2.05) is 6.92 Å². The minimum atomic E-state index is -3.92. The van der Waals surface area contributed by atoms with Crippen LogP contribution in [-0.4, -0.2) is 38.8 Å². The lowest BCUT2D eigenvalue weighted by atomic mass is 10.1. The van der Waals surface area contributed by atoms with Gasteiger partial charge >= 0.3 is 0 Å². The molecule has 1 aromatic rings. The van der Waals surface area contributed by atoms with Gasteiger partial charge in [-0.1, -0.05) is 25.5 Å². The van der Waals surface area contributed by atoms with E-state index < -0.39 is 23.0 Å². The van der Waals surface area contributed by atoms with Crippen molar-refractivity contribution in [1.82, 2.24) is 4.31 Å². The molecule has 0 unspecified atom stereocenters. The van der Waals surface area contributed by atoms with Crippen LogP contribution in [0.1, 0.15) is 18.9 Å². The number of aryl methyl sites for hydroxylation is 1. The molecule has 20 heavy (non-hydrogen) atoms. The molecule has 0 aliphatic carbocycles. The Morgan fingerprint density at radius 3 is 2.30 bits per heavy atom. The van der Waals surface area contributed by atoms with E-state index in [1.54, 1.807) is 12.1 Å². The van der Waals surface area contributed by atoms with E-state index in [1.165, 1.54) is 12.1 Å². The van der Waals surface area contributed by atoms with Crippen LogP contribution >= 0.6 is 0 Å². The highest BCUT2D eigenvalue weighted by Gasteiger charge is 2.26. The second kappa shape index (κ2) is 7.66. The van der Waals surface area contributed by atoms with Crippen molar-refractivity contribution >= 4 is 10.0 Å². The van der Waals surface area contributed by atoms with Gasteiger partial charge in [0.05, 0.1) is 11.4 Å². The van der Waals surface area contributed by atoms with Crippen LogP contribution in [0.2, 0.25) is 0 Å². The van der Waals surface area contributed by atoms with Crippen molar-refractivity contribution in [3.63, 3.8) is 0 Å². The Bertz CT molecular complexity index is 504. The van der Waals surface area contributed by atoms with E-state index in [0.29, 0.717) is 0 Å². The van der Waals surface area contributed by atoms with Crippen LogP contribution in [0.4, 0.5) is 8.78 Å². The first kappa shape index (κ1) is 17.0. The Morgan fingerprint density at radius 1 is 1.25 bits per heavy atom. The molecule has 7 heteroatoms. The highest BCUT2D eigenvalue weighted by Crippen LogP contribution is 2.18. The summed E-state index contributed by atoms with van der Waals surface area (Å²) in [5, 5.41) is 0. The molecule has 0 saturated carbocycles. The third-order valence-corrected chi connectivity index (χ3v) is 4.70. The number of alkyl halides is 2. The average Bonchev–Trinajstić information content (AvgIpc) is 2.39. The Labute approximate surface area is 118 Å². The molecule has 0 radical (unpaired) electrons. The van der Waals surface area contributed by atoms with Crippen molar-refractivity contribution in [2.75, 3.05) is 19.6 Å². The molecular weight excluding hydrogens is 286 g/mol. The topological polar surface area (TPSA) is 63.4 Å². The first-order chi connectivity index (χ1) is 9.41. The van der Waals surface area contributed by atoms with Crippen molar-refractivity contribution in [2.24, 2.45) is 5.73 Å². The fraction of sp³-hybridized carbons (Fsp3) is 0.538. The highest BCUT2D eigenvalue weighted by molar-refractivity contribution is 7.89. The molecular formula is C13H20F2N2O2S. The zero-order valence-corrected chi connectivity index (χ0v) is 12.2. The fourth-order valence-electron chi connectivity index (χ4n) is 1.87. The molecule has 0 fully saturated rings. The molecule has 0 aromatic heterocycles. The summed E-state index contributed by atoms with van der Waals surface area (Å²) in [6.07, 6.45) is -0.920. The van der Waals surface area contributed by atoms with Crippen LogP contribution in [-0.2, 0) is 16.4 Å². The lowest BCUT2D eigenvalue weighted by molar-refractivity contribution is 0.120. The van der Waals surface area contributed by atoms with Crippen LogP contribution in [0.25, 0.3) is 0 Å². The molecule has 0 saturated heterocycles. The van der Waals surface area contributed by atoms with Gasteiger partial charge < -0.3 is 5.73 Å². The van der Waals surface area contributed by atoms with Gasteiger partial charge in [0, 0.05) is 13.1 Å². The Morgan fingerprint density at radius 2 is 1.85 bits per heavy atom. The summed E-state index contributed by atoms with van der Waals surface area (Å²) in [5.41, 5.74) is 6.31. The summed E-state index contributed by atoms with van der Waals surface area (Å²) < 4.78 is 50.2. The molecule has 2 N–H and O–H groups in total. The quantitative estimate of drug-likeness (QED) is 0.797. The predicted molar refractivity (Wildman–Crippen MR) is 74.3 cm³/mol. The van der Waals surface area contributed by atoms with E-state index in [2.05, 4.69) is 0 Å². The van der Waals surface area contributed by atoms with Crippen LogP contribution < -0.4 is 5.73 Å². The number of halogens is 2. The van der Waals surface area contributed by atoms with Gasteiger partial charge in [0.2, 0.25) is 10.0 Å². The third kappa shape index (κ3) is 4.50. The maximum Gasteiger partial charge on any atom is 0.252 e. The van der Waals surface area contributed by atoms with Gasteiger partial charge in [-0.25, -0.2) is 17.2 Å². The fourth-order valence-corrected chi connectivity index (χ4v) is 3.31. The second-order valence-corrected chi connectivity index (χ2v) is 6.37. The van der Waals surface area contributed by atoms with E-state index in [9.17, 15) is 17.2 Å². The summed E-state index contributed by atoms with van der Waals surface area (Å²) in [6, 6.07) is 6.32. The van der Waals surface area contributed by atoms with Crippen LogP contribution in [0.15, 0.2) is 29.2 Å². The minimum absolute atomic E-state index is 0.000131. The smallest absolute Gasteiger partial charge is 0.252 e. The lowest BCUT2D eigenvalue weighted by Gasteiger charge is -2.21. The van der Waals surface area contributed by atoms with E-state index >= 15 is 0 Å². The van der Waals surface area contributed by atoms with Gasteiger partial charge in [-0.3, -0.25) is 0 Å². The van der Waals surface area contributed by atoms with Gasteiger partial charge in [-0.05, 0) is 24.1 Å². The monoisotopic (exact) mass is 306 g/mol. The molecule has 114 valence electrons. The normalized spacial score (nSPS) is 12.3. The zero-order chi connectivity index (χ0) is 15.2. The van der Waals surface area contributed by atoms with Gasteiger partial charge in [0.15, 0.2) is 0 Å². The van der Waals surface area contributed by atoms with E-state index in [4.69, 9.17) is 5.73 Å². The third-order valence-electron chi connectivity index (χ3n) is 2.82. The summed E-state index contributed by atoms with van der Waals surface area (Å²) in [5.74, 6) is 0. The standard InChI is InChI=1S/C13H20F2N2O2S/c1-2-3-11-4-6-12(7-5-11)20(18,19)17(9-8-16)10-13(14)15/h4-7,13H,2-3,8-10,16H2,1H3. The maximum absolute atomic E-state index is 12.5. The minimum Gasteiger partial charge on any atom is -0.329 e. The largest absolute Gasteiger partial charge is 0.329 e. The van der Waals surface area contributed by atoms with Gasteiger partial charge in [-0.2, -0.15) is 4.31 Å². The van der Waals surface area contributed by atoms with Crippen LogP contribution in [0, 0.1) is 0 Å². The summed E-state index contributed by atoms with van der Waals surface area (Å²) in [6.45, 7) is 1.07. The number of hydrogen-bond acceptors (Lipinski definition) is 3. The van der Waals surface area contributed by atoms with Gasteiger partial charge in [0.25, 0.3) is 6.43 Å². The maximum atomic E-state index is 12.5. The number of nitrogens with zero attached hydrogens (tertiary/aromatic N) is 1. The molecule has 0 heterocycles. The molecule has 0 spiro atoms. The molecule has 0 bridgehead atoms. The number of hydrogen-bond donors (Lipinski definition) is 1. The van der Waals surface area contributed by atoms with E-state index in [-0.39, 0.29) is 18.0 Å². The Kier molecular flexibility index (Phi) is 6.51. The van der Waals surface area contributed by atoms with Crippen molar-refractivity contribution in [3.05, 3.63) is 29.8 Å². The zero-order valence-electron chi connectivity index (χ0n) is 11.4. The molecule has 0 aliphatic rings. The molecule has 0 amide bonds. The van der Waals surface area contributed by atoms with Crippen molar-refractivity contribution < 1.29 is 17.2 Å². The summed E-state index contributed by atoms with van der Waals surface area (Å²) in [4.78, 5) is 0.0199. The average molecular weight is 306 g/mol. The number of sulfonamides is 1. The Balaban J connectivity index is 2.99. The molecule has 1 rings (SSSR count). The van der Waals surface area contributed by atoms with Gasteiger partial charge in [0.1, 0.15) is 0 Å². The van der Waals surface area contributed by atoms with Crippen molar-refractivity contribution in [1.29, 1.82) is 0 Å². The van der Waals surface area contributed by atoms with Crippen LogP contribution in [0.3, 0.4) is 0 Å². The molecule has 4 nitrogen and oxygen atoms in total. The summed E-state index contributed by atoms with van der Waals surface area (Å²) in [7, 11) is -3.92. The van der Waals surface area contributed by atoms with Crippen LogP contribution in [0.5, 0.6) is 0 Å². The van der Waals surface area contributed by atoms with Gasteiger partial charge in [-0.15, -0.1) is 0 Å². The molecule has 1 aromatic carbocycles. The van der Waals surface area contributed by atoms with Crippen molar-refractivity contribution in [2.45, 2.75) is 31.1 Å². The van der Waals surface area contributed by atoms with Crippen molar-refractivity contribution in [3.8, 4) is 0 Å². The number of nitrogens with two attached hydrogens (primary N) is 1. The van der Waals surface area contributed by atoms with E-state index in [0.717, 1.165) is 22.7 Å². The second-order valence-electron chi connectivity index (χ2n) is 4.44. The molecule has 0 aliphatic heterocycles. The predicted octanol–water partition coefficient (Wildman–Crippen LogP) is 1.85. The SMILES string of the molecule is CCCc1ccc(S(=O)(=O)N(CCN)CC(F)F)cc1. The highest BCUT2D eigenvalue weighted by atomic mass is 32.2. The molecule has 0 atom stereocenters. The Hall–Kier alpha value is -1.05. The number of rotatable bonds is 8. The lowest BCUT2D eigenvalue weighted by Crippen LogP contribution is -2.38. The first-order valence-electron chi connectivity index (χ1n) is 6.49. The number of benzene rings is 1. The summed E-state index contributed by atoms with van der Waals surface area (Å²) >= 11 is 0.